The van der Waals surface area contributed by atoms with Gasteiger partial charge in [-0.25, -0.2) is 0 Å². The predicted molar refractivity (Wildman–Crippen MR) is 230 cm³/mol. The minimum absolute atomic E-state index is 0.195. The summed E-state index contributed by atoms with van der Waals surface area (Å²) in [5, 5.41) is 11.0. The summed E-state index contributed by atoms with van der Waals surface area (Å²) in [7, 11) is 0. The Morgan fingerprint density at radius 2 is 1.29 bits per heavy atom. The van der Waals surface area contributed by atoms with Crippen LogP contribution in [0.4, 0.5) is 17.1 Å². The fourth-order valence-corrected chi connectivity index (χ4v) is 8.70. The summed E-state index contributed by atoms with van der Waals surface area (Å²) in [5.74, 6) is 0.889. The first kappa shape index (κ1) is 31.5. The largest absolute Gasteiger partial charge is 0.464 e. The molecule has 262 valence electrons. The number of para-hydroxylation sites is 2. The molecule has 1 aromatic heterocycles. The summed E-state index contributed by atoms with van der Waals surface area (Å²) < 4.78 is 8.78. The Bertz CT molecular complexity index is 2960. The third-order valence-electron chi connectivity index (χ3n) is 11.3. The summed E-state index contributed by atoms with van der Waals surface area (Å²) >= 11 is 0. The zero-order valence-corrected chi connectivity index (χ0v) is 30.1. The van der Waals surface area contributed by atoms with Gasteiger partial charge in [-0.1, -0.05) is 133 Å². The second kappa shape index (κ2) is 12.8. The summed E-state index contributed by atoms with van der Waals surface area (Å²) in [6, 6.07) is 61.5. The molecule has 1 aliphatic heterocycles. The topological polar surface area (TPSA) is 29.4 Å². The summed E-state index contributed by atoms with van der Waals surface area (Å²) in [6.45, 7) is 0. The highest BCUT2D eigenvalue weighted by atomic mass is 16.5. The minimum atomic E-state index is -0.211. The van der Waals surface area contributed by atoms with E-state index < -0.39 is 0 Å². The lowest BCUT2D eigenvalue weighted by Crippen LogP contribution is -2.29. The molecule has 2 aliphatic rings. The molecule has 2 unspecified atom stereocenters. The molecule has 0 radical (unpaired) electrons. The van der Waals surface area contributed by atoms with Crippen molar-refractivity contribution in [3.8, 4) is 22.6 Å². The molecule has 4 heteroatoms. The van der Waals surface area contributed by atoms with E-state index in [1.807, 2.05) is 6.07 Å². The maximum absolute atomic E-state index is 6.42. The number of nitrogens with zero attached hydrogens (tertiary/aromatic N) is 2. The number of hydrogen-bond acceptors (Lipinski definition) is 3. The third kappa shape index (κ3) is 5.29. The molecule has 0 bridgehead atoms. The smallest absolute Gasteiger partial charge is 0.196 e. The monoisotopic (exact) mass is 707 g/mol. The van der Waals surface area contributed by atoms with E-state index in [-0.39, 0.29) is 12.3 Å². The van der Waals surface area contributed by atoms with Crippen molar-refractivity contribution >= 4 is 60.4 Å². The van der Waals surface area contributed by atoms with Crippen LogP contribution in [0.15, 0.2) is 194 Å². The molecule has 0 spiro atoms. The molecule has 1 aliphatic carbocycles. The number of aromatic nitrogens is 1. The third-order valence-corrected chi connectivity index (χ3v) is 11.3. The Morgan fingerprint density at radius 3 is 2.13 bits per heavy atom. The van der Waals surface area contributed by atoms with Crippen molar-refractivity contribution in [2.24, 2.45) is 0 Å². The quantitative estimate of drug-likeness (QED) is 0.175. The average molecular weight is 708 g/mol. The number of nitrogens with one attached hydrogen (secondary N) is 1. The van der Waals surface area contributed by atoms with E-state index in [0.29, 0.717) is 0 Å². The van der Waals surface area contributed by atoms with Crippen LogP contribution < -0.4 is 15.0 Å². The van der Waals surface area contributed by atoms with E-state index in [1.165, 1.54) is 65.9 Å². The molecule has 9 aromatic rings. The fourth-order valence-electron chi connectivity index (χ4n) is 8.70. The van der Waals surface area contributed by atoms with Gasteiger partial charge in [-0.3, -0.25) is 0 Å². The van der Waals surface area contributed by atoms with Gasteiger partial charge < -0.3 is 19.5 Å². The van der Waals surface area contributed by atoms with E-state index >= 15 is 0 Å². The second-order valence-electron chi connectivity index (χ2n) is 14.5. The number of ether oxygens (including phenoxy) is 1. The van der Waals surface area contributed by atoms with Crippen molar-refractivity contribution in [1.82, 2.24) is 4.57 Å². The van der Waals surface area contributed by atoms with Crippen molar-refractivity contribution < 1.29 is 4.74 Å². The maximum atomic E-state index is 6.42. The Labute approximate surface area is 319 Å². The zero-order valence-electron chi connectivity index (χ0n) is 30.1. The Balaban J connectivity index is 0.969. The normalized spacial score (nSPS) is 16.1. The summed E-state index contributed by atoms with van der Waals surface area (Å²) in [4.78, 5) is 2.48. The van der Waals surface area contributed by atoms with Crippen molar-refractivity contribution in [3.63, 3.8) is 0 Å². The molecular formula is C51H37N3O. The molecule has 0 saturated heterocycles. The van der Waals surface area contributed by atoms with Gasteiger partial charge in [0.1, 0.15) is 5.75 Å². The highest BCUT2D eigenvalue weighted by molar-refractivity contribution is 6.16. The number of hydrogen-bond donors (Lipinski definition) is 1. The molecule has 8 aromatic carbocycles. The van der Waals surface area contributed by atoms with Gasteiger partial charge in [0.25, 0.3) is 0 Å². The molecule has 11 rings (SSSR count). The molecule has 55 heavy (non-hydrogen) atoms. The summed E-state index contributed by atoms with van der Waals surface area (Å²) in [5.41, 5.74) is 10.5. The predicted octanol–water partition coefficient (Wildman–Crippen LogP) is 13.3. The molecular weight excluding hydrogens is 671 g/mol. The second-order valence-corrected chi connectivity index (χ2v) is 14.5. The van der Waals surface area contributed by atoms with Gasteiger partial charge >= 0.3 is 0 Å². The van der Waals surface area contributed by atoms with Gasteiger partial charge in [0.2, 0.25) is 0 Å². The average Bonchev–Trinajstić information content (AvgIpc) is 3.85. The van der Waals surface area contributed by atoms with Crippen LogP contribution in [0.5, 0.6) is 5.75 Å². The van der Waals surface area contributed by atoms with Gasteiger partial charge in [0, 0.05) is 38.8 Å². The van der Waals surface area contributed by atoms with E-state index in [0.717, 1.165) is 29.1 Å². The van der Waals surface area contributed by atoms with Gasteiger partial charge in [0.15, 0.2) is 6.23 Å². The van der Waals surface area contributed by atoms with Crippen LogP contribution in [0, 0.1) is 0 Å². The number of rotatable bonds is 6. The van der Waals surface area contributed by atoms with E-state index in [1.54, 1.807) is 0 Å². The van der Waals surface area contributed by atoms with Crippen molar-refractivity contribution in [2.45, 2.75) is 18.7 Å². The van der Waals surface area contributed by atoms with Crippen LogP contribution in [0.1, 0.15) is 18.2 Å². The fraction of sp³-hybridized carbons (Fsp3) is 0.0588. The van der Waals surface area contributed by atoms with E-state index in [9.17, 15) is 0 Å². The van der Waals surface area contributed by atoms with Gasteiger partial charge in [-0.2, -0.15) is 0 Å². The molecule has 4 nitrogen and oxygen atoms in total. The molecule has 0 saturated carbocycles. The van der Waals surface area contributed by atoms with Crippen LogP contribution in [0.25, 0.3) is 60.2 Å². The maximum Gasteiger partial charge on any atom is 0.196 e. The lowest BCUT2D eigenvalue weighted by molar-refractivity contribution is 0.260. The van der Waals surface area contributed by atoms with Crippen LogP contribution in [0.2, 0.25) is 0 Å². The van der Waals surface area contributed by atoms with Crippen LogP contribution in [0.3, 0.4) is 0 Å². The SMILES string of the molecule is C1=CCC(N(c2ccc(-c3ccc4c(c3)c3ccccc3n4-c3ccccc3)cc2)c2ccc3c(ccc4ccc5c(c43)NC(c3ccccc3)O5)c2)C=C1. The van der Waals surface area contributed by atoms with Crippen molar-refractivity contribution in [1.29, 1.82) is 0 Å². The molecule has 0 amide bonds. The van der Waals surface area contributed by atoms with E-state index in [2.05, 4.69) is 203 Å². The van der Waals surface area contributed by atoms with E-state index in [4.69, 9.17) is 4.74 Å². The number of allylic oxidation sites excluding steroid dienone is 2. The van der Waals surface area contributed by atoms with Crippen molar-refractivity contribution in [2.75, 3.05) is 10.2 Å². The first-order valence-corrected chi connectivity index (χ1v) is 19.1. The number of benzene rings is 8. The lowest BCUT2D eigenvalue weighted by atomic mass is 9.98. The van der Waals surface area contributed by atoms with Gasteiger partial charge in [0.05, 0.1) is 22.8 Å². The lowest BCUT2D eigenvalue weighted by Gasteiger charge is -2.33. The van der Waals surface area contributed by atoms with Crippen LogP contribution in [-0.2, 0) is 0 Å². The number of anilines is 3. The highest BCUT2D eigenvalue weighted by Crippen LogP contribution is 2.46. The Morgan fingerprint density at radius 1 is 0.564 bits per heavy atom. The Kier molecular flexibility index (Phi) is 7.34. The highest BCUT2D eigenvalue weighted by Gasteiger charge is 2.26. The van der Waals surface area contributed by atoms with Gasteiger partial charge in [-0.15, -0.1) is 0 Å². The van der Waals surface area contributed by atoms with Crippen LogP contribution in [-0.4, -0.2) is 10.6 Å². The molecule has 1 N–H and O–H groups in total. The zero-order chi connectivity index (χ0) is 36.3. The molecule has 2 atom stereocenters. The molecule has 0 fully saturated rings. The first-order valence-electron chi connectivity index (χ1n) is 19.1. The first-order chi connectivity index (χ1) is 27.3. The standard InChI is InChI=1S/C51H37N3O/c1-4-12-36(13-5-1)51-52-50-48(55-51)31-25-35-20-21-38-32-42(28-29-43(38)49(35)50)53(39-14-6-2-7-15-39)41-26-22-34(23-27-41)37-24-30-47-45(33-37)44-18-10-11-19-46(44)54(47)40-16-8-3-9-17-40/h1-14,16-33,39,51-52H,15H2. The van der Waals surface area contributed by atoms with Crippen molar-refractivity contribution in [3.05, 3.63) is 200 Å². The minimum Gasteiger partial charge on any atom is -0.464 e. The molecule has 2 heterocycles. The summed E-state index contributed by atoms with van der Waals surface area (Å²) in [6.07, 6.45) is 9.62. The van der Waals surface area contributed by atoms with Crippen LogP contribution >= 0.6 is 0 Å². The van der Waals surface area contributed by atoms with Gasteiger partial charge in [-0.05, 0) is 94.4 Å². The number of fused-ring (bicyclic) bond motifs is 8. The Hall–Kier alpha value is -7.04.